The maximum absolute atomic E-state index is 4.41. The zero-order valence-corrected chi connectivity index (χ0v) is 13.1. The number of aliphatic imine (C=N–C) groups is 2. The highest BCUT2D eigenvalue weighted by Crippen LogP contribution is 2.19. The highest BCUT2D eigenvalue weighted by Gasteiger charge is 2.13. The van der Waals surface area contributed by atoms with Gasteiger partial charge in [-0.2, -0.15) is 0 Å². The summed E-state index contributed by atoms with van der Waals surface area (Å²) in [4.78, 5) is 8.58. The van der Waals surface area contributed by atoms with E-state index in [0.717, 1.165) is 23.4 Å². The molecule has 3 heteroatoms. The van der Waals surface area contributed by atoms with E-state index >= 15 is 0 Å². The van der Waals surface area contributed by atoms with Crippen molar-refractivity contribution in [2.75, 3.05) is 7.05 Å². The summed E-state index contributed by atoms with van der Waals surface area (Å²) in [5, 5.41) is 3.17. The van der Waals surface area contributed by atoms with Crippen molar-refractivity contribution >= 4 is 12.1 Å². The average Bonchev–Trinajstić information content (AvgIpc) is 2.88. The summed E-state index contributed by atoms with van der Waals surface area (Å²) in [7, 11) is 1.80. The van der Waals surface area contributed by atoms with Crippen LogP contribution < -0.4 is 5.32 Å². The Balaban J connectivity index is 3.14. The van der Waals surface area contributed by atoms with Gasteiger partial charge < -0.3 is 5.32 Å². The van der Waals surface area contributed by atoms with Crippen molar-refractivity contribution in [2.24, 2.45) is 15.9 Å². The lowest BCUT2D eigenvalue weighted by Crippen LogP contribution is -2.14. The molecule has 1 N–H and O–H groups in total. The molecule has 3 nitrogen and oxygen atoms in total. The van der Waals surface area contributed by atoms with Crippen LogP contribution in [0.4, 0.5) is 0 Å². The Morgan fingerprint density at radius 3 is 2.75 bits per heavy atom. The molecule has 0 spiro atoms. The molecule has 0 aliphatic carbocycles. The molecule has 0 fully saturated rings. The number of amidine groups is 1. The summed E-state index contributed by atoms with van der Waals surface area (Å²) in [6.45, 7) is 8.51. The van der Waals surface area contributed by atoms with Gasteiger partial charge in [-0.1, -0.05) is 26.0 Å². The highest BCUT2D eigenvalue weighted by molar-refractivity contribution is 6.06. The molecule has 20 heavy (non-hydrogen) atoms. The molecular weight excluding hydrogens is 246 g/mol. The summed E-state index contributed by atoms with van der Waals surface area (Å²) in [6.07, 6.45) is 12.9. The van der Waals surface area contributed by atoms with Gasteiger partial charge in [0.15, 0.2) is 0 Å². The molecule has 0 atom stereocenters. The van der Waals surface area contributed by atoms with E-state index in [4.69, 9.17) is 0 Å². The van der Waals surface area contributed by atoms with Gasteiger partial charge in [-0.3, -0.25) is 4.99 Å². The minimum Gasteiger partial charge on any atom is -0.346 e. The number of allylic oxidation sites excluding steroid dienone is 4. The third-order valence-corrected chi connectivity index (χ3v) is 2.99. The van der Waals surface area contributed by atoms with E-state index in [1.807, 2.05) is 25.4 Å². The van der Waals surface area contributed by atoms with Crippen LogP contribution in [0.2, 0.25) is 0 Å². The van der Waals surface area contributed by atoms with E-state index in [2.05, 4.69) is 48.2 Å². The van der Waals surface area contributed by atoms with E-state index in [1.165, 1.54) is 5.57 Å². The van der Waals surface area contributed by atoms with Gasteiger partial charge in [0.05, 0.1) is 0 Å². The Kier molecular flexibility index (Phi) is 6.71. The standard InChI is InChI=1S/C17H25N3/c1-6-10-19-17-16(9-11-20-17)14(4)15(12-18-5)8-7-13(2)3/h6,8-13H,7H2,1-5H3,(H,19,20)/b10-6+,15-8?,16-14+,18-12-. The molecule has 108 valence electrons. The minimum absolute atomic E-state index is 0.640. The molecule has 1 aliphatic rings. The molecule has 0 saturated heterocycles. The maximum Gasteiger partial charge on any atom is 0.137 e. The van der Waals surface area contributed by atoms with Crippen molar-refractivity contribution in [1.82, 2.24) is 5.32 Å². The summed E-state index contributed by atoms with van der Waals surface area (Å²) in [5.74, 6) is 1.53. The van der Waals surface area contributed by atoms with E-state index in [9.17, 15) is 0 Å². The van der Waals surface area contributed by atoms with Crippen molar-refractivity contribution in [1.29, 1.82) is 0 Å². The van der Waals surface area contributed by atoms with Gasteiger partial charge in [0.2, 0.25) is 0 Å². The van der Waals surface area contributed by atoms with Crippen molar-refractivity contribution in [2.45, 2.75) is 34.1 Å². The first-order chi connectivity index (χ1) is 9.60. The smallest absolute Gasteiger partial charge is 0.137 e. The lowest BCUT2D eigenvalue weighted by atomic mass is 9.99. The SMILES string of the molecule is C/C=C/N=C1/NC=C/C1=C(/C)C(=CCC(C)C)/C=N\C. The molecule has 1 rings (SSSR count). The highest BCUT2D eigenvalue weighted by atomic mass is 15.0. The van der Waals surface area contributed by atoms with Crippen LogP contribution >= 0.6 is 0 Å². The van der Waals surface area contributed by atoms with E-state index in [-0.39, 0.29) is 0 Å². The van der Waals surface area contributed by atoms with Crippen LogP contribution in [0.3, 0.4) is 0 Å². The second kappa shape index (κ2) is 8.31. The van der Waals surface area contributed by atoms with Crippen LogP contribution in [-0.4, -0.2) is 19.1 Å². The van der Waals surface area contributed by atoms with Gasteiger partial charge in [0.1, 0.15) is 5.84 Å². The average molecular weight is 271 g/mol. The normalized spacial score (nSPS) is 20.7. The Morgan fingerprint density at radius 2 is 2.15 bits per heavy atom. The molecule has 0 saturated carbocycles. The largest absolute Gasteiger partial charge is 0.346 e. The van der Waals surface area contributed by atoms with E-state index in [0.29, 0.717) is 5.92 Å². The van der Waals surface area contributed by atoms with Gasteiger partial charge in [0, 0.05) is 31.2 Å². The predicted octanol–water partition coefficient (Wildman–Crippen LogP) is 4.03. The minimum atomic E-state index is 0.640. The zero-order chi connectivity index (χ0) is 15.0. The van der Waals surface area contributed by atoms with Crippen LogP contribution in [0.25, 0.3) is 0 Å². The molecule has 0 radical (unpaired) electrons. The maximum atomic E-state index is 4.41. The quantitative estimate of drug-likeness (QED) is 0.753. The van der Waals surface area contributed by atoms with Gasteiger partial charge >= 0.3 is 0 Å². The summed E-state index contributed by atoms with van der Waals surface area (Å²) in [6, 6.07) is 0. The fraction of sp³-hybridized carbons (Fsp3) is 0.412. The zero-order valence-electron chi connectivity index (χ0n) is 13.1. The number of hydrogen-bond acceptors (Lipinski definition) is 2. The van der Waals surface area contributed by atoms with Crippen molar-refractivity contribution in [3.05, 3.63) is 47.3 Å². The van der Waals surface area contributed by atoms with Gasteiger partial charge in [-0.15, -0.1) is 0 Å². The van der Waals surface area contributed by atoms with Gasteiger partial charge in [0.25, 0.3) is 0 Å². The molecule has 0 aromatic carbocycles. The van der Waals surface area contributed by atoms with Gasteiger partial charge in [-0.25, -0.2) is 4.99 Å². The van der Waals surface area contributed by atoms with Crippen molar-refractivity contribution < 1.29 is 0 Å². The topological polar surface area (TPSA) is 36.8 Å². The van der Waals surface area contributed by atoms with Crippen LogP contribution in [0.1, 0.15) is 34.1 Å². The number of nitrogens with one attached hydrogen (secondary N) is 1. The first-order valence-electron chi connectivity index (χ1n) is 7.06. The van der Waals surface area contributed by atoms with E-state index < -0.39 is 0 Å². The molecule has 0 aromatic heterocycles. The Labute approximate surface area is 122 Å². The lowest BCUT2D eigenvalue weighted by molar-refractivity contribution is 0.663. The van der Waals surface area contributed by atoms with Crippen LogP contribution in [0, 0.1) is 5.92 Å². The molecular formula is C17H25N3. The fourth-order valence-electron chi connectivity index (χ4n) is 1.88. The molecule has 1 heterocycles. The Hall–Kier alpha value is -1.90. The van der Waals surface area contributed by atoms with E-state index in [1.54, 1.807) is 13.2 Å². The second-order valence-electron chi connectivity index (χ2n) is 5.15. The molecule has 0 amide bonds. The third-order valence-electron chi connectivity index (χ3n) is 2.99. The molecule has 1 aliphatic heterocycles. The number of rotatable bonds is 5. The molecule has 0 aromatic rings. The Bertz CT molecular complexity index is 500. The molecule has 0 unspecified atom stereocenters. The van der Waals surface area contributed by atoms with Crippen LogP contribution in [-0.2, 0) is 0 Å². The second-order valence-corrected chi connectivity index (χ2v) is 5.15. The first kappa shape index (κ1) is 16.2. The predicted molar refractivity (Wildman–Crippen MR) is 89.2 cm³/mol. The summed E-state index contributed by atoms with van der Waals surface area (Å²) in [5.41, 5.74) is 3.48. The summed E-state index contributed by atoms with van der Waals surface area (Å²) >= 11 is 0. The third kappa shape index (κ3) is 4.65. The molecule has 0 bridgehead atoms. The van der Waals surface area contributed by atoms with Crippen LogP contribution in [0.5, 0.6) is 0 Å². The van der Waals surface area contributed by atoms with Crippen molar-refractivity contribution in [3.8, 4) is 0 Å². The van der Waals surface area contributed by atoms with Crippen molar-refractivity contribution in [3.63, 3.8) is 0 Å². The van der Waals surface area contributed by atoms with Gasteiger partial charge in [-0.05, 0) is 43.4 Å². The first-order valence-corrected chi connectivity index (χ1v) is 7.06. The van der Waals surface area contributed by atoms with Crippen LogP contribution in [0.15, 0.2) is 57.3 Å². The fourth-order valence-corrected chi connectivity index (χ4v) is 1.88. The summed E-state index contributed by atoms with van der Waals surface area (Å²) < 4.78 is 0. The number of nitrogens with zero attached hydrogens (tertiary/aromatic N) is 2. The Morgan fingerprint density at radius 1 is 1.40 bits per heavy atom. The lowest BCUT2D eigenvalue weighted by Gasteiger charge is -2.08. The number of hydrogen-bond donors (Lipinski definition) is 1. The monoisotopic (exact) mass is 271 g/mol.